The zero-order valence-corrected chi connectivity index (χ0v) is 17.5. The maximum Gasteiger partial charge on any atom is 0.347 e. The quantitative estimate of drug-likeness (QED) is 0.657. The third kappa shape index (κ3) is 6.30. The summed E-state index contributed by atoms with van der Waals surface area (Å²) in [6, 6.07) is 12.9. The van der Waals surface area contributed by atoms with E-state index in [4.69, 9.17) is 9.47 Å². The van der Waals surface area contributed by atoms with Gasteiger partial charge >= 0.3 is 5.97 Å². The highest BCUT2D eigenvalue weighted by molar-refractivity contribution is 7.89. The molecule has 2 aromatic rings. The Morgan fingerprint density at radius 1 is 1.10 bits per heavy atom. The Morgan fingerprint density at radius 3 is 2.34 bits per heavy atom. The van der Waals surface area contributed by atoms with Crippen molar-refractivity contribution in [2.45, 2.75) is 24.8 Å². The SMILES string of the molecule is Cc1cccc(O[C@@H](C)C(=O)OCC(=O)Nc2ccc(S(=O)(=O)N(C)C)cc2)c1. The molecule has 9 heteroatoms. The molecule has 156 valence electrons. The number of rotatable bonds is 8. The van der Waals surface area contributed by atoms with Crippen molar-refractivity contribution < 1.29 is 27.5 Å². The van der Waals surface area contributed by atoms with Gasteiger partial charge in [0.25, 0.3) is 5.91 Å². The molecule has 2 rings (SSSR count). The lowest BCUT2D eigenvalue weighted by Crippen LogP contribution is -2.29. The van der Waals surface area contributed by atoms with E-state index in [-0.39, 0.29) is 4.90 Å². The van der Waals surface area contributed by atoms with E-state index in [0.717, 1.165) is 9.87 Å². The number of hydrogen-bond acceptors (Lipinski definition) is 6. The van der Waals surface area contributed by atoms with Crippen LogP contribution in [0.3, 0.4) is 0 Å². The molecule has 0 bridgehead atoms. The Balaban J connectivity index is 1.85. The zero-order chi connectivity index (χ0) is 21.6. The predicted octanol–water partition coefficient (Wildman–Crippen LogP) is 2.19. The summed E-state index contributed by atoms with van der Waals surface area (Å²) >= 11 is 0. The monoisotopic (exact) mass is 420 g/mol. The average Bonchev–Trinajstić information content (AvgIpc) is 2.66. The van der Waals surface area contributed by atoms with Gasteiger partial charge in [0.05, 0.1) is 4.90 Å². The number of carbonyl (C=O) groups is 2. The number of nitrogens with one attached hydrogen (secondary N) is 1. The number of sulfonamides is 1. The standard InChI is InChI=1S/C20H24N2O6S/c1-14-6-5-7-17(12-14)28-15(2)20(24)27-13-19(23)21-16-8-10-18(11-9-16)29(25,26)22(3)4/h5-12,15H,13H2,1-4H3,(H,21,23)/t15-/m0/s1. The number of esters is 1. The van der Waals surface area contributed by atoms with E-state index < -0.39 is 34.6 Å². The van der Waals surface area contributed by atoms with Gasteiger partial charge in [-0.15, -0.1) is 0 Å². The normalized spacial score (nSPS) is 12.3. The van der Waals surface area contributed by atoms with Gasteiger partial charge in [-0.1, -0.05) is 12.1 Å². The van der Waals surface area contributed by atoms with Gasteiger partial charge in [-0.25, -0.2) is 17.5 Å². The van der Waals surface area contributed by atoms with E-state index in [2.05, 4.69) is 5.32 Å². The Labute approximate surface area is 170 Å². The molecule has 0 radical (unpaired) electrons. The molecule has 1 amide bonds. The van der Waals surface area contributed by atoms with Gasteiger partial charge in [-0.2, -0.15) is 0 Å². The van der Waals surface area contributed by atoms with Crippen molar-refractivity contribution in [2.24, 2.45) is 0 Å². The molecule has 8 nitrogen and oxygen atoms in total. The topological polar surface area (TPSA) is 102 Å². The fraction of sp³-hybridized carbons (Fsp3) is 0.300. The minimum Gasteiger partial charge on any atom is -0.479 e. The number of aryl methyl sites for hydroxylation is 1. The molecule has 0 aromatic heterocycles. The van der Waals surface area contributed by atoms with Gasteiger partial charge in [0.15, 0.2) is 12.7 Å². The molecule has 0 saturated carbocycles. The van der Waals surface area contributed by atoms with Crippen LogP contribution in [-0.2, 0) is 24.3 Å². The summed E-state index contributed by atoms with van der Waals surface area (Å²) in [7, 11) is -0.677. The second kappa shape index (κ2) is 9.53. The molecule has 0 unspecified atom stereocenters. The van der Waals surface area contributed by atoms with Crippen LogP contribution in [0.2, 0.25) is 0 Å². The molecule has 29 heavy (non-hydrogen) atoms. The Hall–Kier alpha value is -2.91. The third-order valence-corrected chi connectivity index (χ3v) is 5.73. The van der Waals surface area contributed by atoms with Crippen LogP contribution in [0.25, 0.3) is 0 Å². The summed E-state index contributed by atoms with van der Waals surface area (Å²) in [5, 5.41) is 2.54. The van der Waals surface area contributed by atoms with Gasteiger partial charge in [0, 0.05) is 19.8 Å². The number of nitrogens with zero attached hydrogens (tertiary/aromatic N) is 1. The van der Waals surface area contributed by atoms with Crippen molar-refractivity contribution >= 4 is 27.6 Å². The summed E-state index contributed by atoms with van der Waals surface area (Å²) in [6.45, 7) is 2.95. The van der Waals surface area contributed by atoms with Gasteiger partial charge in [0.2, 0.25) is 10.0 Å². The molecule has 0 saturated heterocycles. The van der Waals surface area contributed by atoms with Crippen LogP contribution in [0.5, 0.6) is 5.75 Å². The maximum absolute atomic E-state index is 12.0. The van der Waals surface area contributed by atoms with Gasteiger partial charge in [0.1, 0.15) is 5.75 Å². The number of anilines is 1. The van der Waals surface area contributed by atoms with Crippen LogP contribution in [0.15, 0.2) is 53.4 Å². The lowest BCUT2D eigenvalue weighted by molar-refractivity contribution is -0.153. The first-order valence-electron chi connectivity index (χ1n) is 8.82. The van der Waals surface area contributed by atoms with E-state index in [1.165, 1.54) is 45.3 Å². The molecule has 0 heterocycles. The maximum atomic E-state index is 12.0. The molecule has 1 N–H and O–H groups in total. The van der Waals surface area contributed by atoms with Crippen LogP contribution in [0, 0.1) is 6.92 Å². The molecule has 0 aliphatic rings. The van der Waals surface area contributed by atoms with Crippen molar-refractivity contribution in [2.75, 3.05) is 26.0 Å². The van der Waals surface area contributed by atoms with Crippen LogP contribution < -0.4 is 10.1 Å². The second-order valence-corrected chi connectivity index (χ2v) is 8.70. The Kier molecular flexibility index (Phi) is 7.35. The van der Waals surface area contributed by atoms with E-state index in [9.17, 15) is 18.0 Å². The first-order chi connectivity index (χ1) is 13.6. The van der Waals surface area contributed by atoms with Crippen molar-refractivity contribution in [3.05, 3.63) is 54.1 Å². The summed E-state index contributed by atoms with van der Waals surface area (Å²) in [5.41, 5.74) is 1.37. The lowest BCUT2D eigenvalue weighted by atomic mass is 10.2. The summed E-state index contributed by atoms with van der Waals surface area (Å²) in [5.74, 6) is -0.690. The lowest BCUT2D eigenvalue weighted by Gasteiger charge is -2.14. The number of ether oxygens (including phenoxy) is 2. The van der Waals surface area contributed by atoms with Crippen molar-refractivity contribution in [3.8, 4) is 5.75 Å². The fourth-order valence-electron chi connectivity index (χ4n) is 2.31. The minimum atomic E-state index is -3.54. The molecule has 0 aliphatic heterocycles. The van der Waals surface area contributed by atoms with Crippen LogP contribution in [-0.4, -0.2) is 51.4 Å². The van der Waals surface area contributed by atoms with E-state index >= 15 is 0 Å². The largest absolute Gasteiger partial charge is 0.479 e. The van der Waals surface area contributed by atoms with E-state index in [1.54, 1.807) is 12.1 Å². The summed E-state index contributed by atoms with van der Waals surface area (Å²) in [4.78, 5) is 24.1. The molecule has 0 spiro atoms. The van der Waals surface area contributed by atoms with Gasteiger partial charge < -0.3 is 14.8 Å². The van der Waals surface area contributed by atoms with Gasteiger partial charge in [-0.3, -0.25) is 4.79 Å². The van der Waals surface area contributed by atoms with Gasteiger partial charge in [-0.05, 0) is 55.8 Å². The summed E-state index contributed by atoms with van der Waals surface area (Å²) < 4.78 is 35.6. The van der Waals surface area contributed by atoms with Crippen molar-refractivity contribution in [1.82, 2.24) is 4.31 Å². The second-order valence-electron chi connectivity index (χ2n) is 6.54. The molecular weight excluding hydrogens is 396 g/mol. The molecule has 1 atom stereocenters. The fourth-order valence-corrected chi connectivity index (χ4v) is 3.21. The Bertz CT molecular complexity index is 971. The average molecular weight is 420 g/mol. The first-order valence-corrected chi connectivity index (χ1v) is 10.3. The molecular formula is C20H24N2O6S. The molecule has 0 fully saturated rings. The number of hydrogen-bond donors (Lipinski definition) is 1. The molecule has 2 aromatic carbocycles. The Morgan fingerprint density at radius 2 is 1.76 bits per heavy atom. The smallest absolute Gasteiger partial charge is 0.347 e. The predicted molar refractivity (Wildman–Crippen MR) is 108 cm³/mol. The number of amides is 1. The van der Waals surface area contributed by atoms with Crippen LogP contribution >= 0.6 is 0 Å². The van der Waals surface area contributed by atoms with Crippen molar-refractivity contribution in [1.29, 1.82) is 0 Å². The number of benzene rings is 2. The third-order valence-electron chi connectivity index (χ3n) is 3.90. The highest BCUT2D eigenvalue weighted by atomic mass is 32.2. The highest BCUT2D eigenvalue weighted by Crippen LogP contribution is 2.17. The number of carbonyl (C=O) groups excluding carboxylic acids is 2. The van der Waals surface area contributed by atoms with E-state index in [1.807, 2.05) is 19.1 Å². The van der Waals surface area contributed by atoms with Crippen LogP contribution in [0.1, 0.15) is 12.5 Å². The minimum absolute atomic E-state index is 0.106. The van der Waals surface area contributed by atoms with Crippen molar-refractivity contribution in [3.63, 3.8) is 0 Å². The highest BCUT2D eigenvalue weighted by Gasteiger charge is 2.19. The van der Waals surface area contributed by atoms with E-state index in [0.29, 0.717) is 11.4 Å². The first kappa shape index (κ1) is 22.4. The summed E-state index contributed by atoms with van der Waals surface area (Å²) in [6.07, 6.45) is -0.875. The zero-order valence-electron chi connectivity index (χ0n) is 16.7. The van der Waals surface area contributed by atoms with Crippen LogP contribution in [0.4, 0.5) is 5.69 Å². The molecule has 0 aliphatic carbocycles.